The van der Waals surface area contributed by atoms with E-state index in [4.69, 9.17) is 9.47 Å². The van der Waals surface area contributed by atoms with Crippen LogP contribution in [0.3, 0.4) is 0 Å². The Hall–Kier alpha value is -2.37. The number of nitrogens with zero attached hydrogens (tertiary/aromatic N) is 4. The maximum atomic E-state index is 6.09. The van der Waals surface area contributed by atoms with E-state index in [1.165, 1.54) is 102 Å². The summed E-state index contributed by atoms with van der Waals surface area (Å²) in [5.41, 5.74) is 9.22. The van der Waals surface area contributed by atoms with Crippen LogP contribution in [0.5, 0.6) is 0 Å². The monoisotopic (exact) mass is 775 g/mol. The summed E-state index contributed by atoms with van der Waals surface area (Å²) in [5, 5.41) is 0. The van der Waals surface area contributed by atoms with Gasteiger partial charge in [-0.3, -0.25) is 0 Å². The van der Waals surface area contributed by atoms with Crippen molar-refractivity contribution in [3.8, 4) is 22.9 Å². The molecule has 2 aromatic heterocycles. The molecule has 2 atom stereocenters. The Balaban J connectivity index is 1.49. The van der Waals surface area contributed by atoms with Crippen molar-refractivity contribution in [2.45, 2.75) is 208 Å². The van der Waals surface area contributed by atoms with Gasteiger partial charge in [-0.1, -0.05) is 144 Å². The van der Waals surface area contributed by atoms with Crippen molar-refractivity contribution in [3.63, 3.8) is 0 Å². The van der Waals surface area contributed by atoms with Gasteiger partial charge in [0.15, 0.2) is 0 Å². The smallest absolute Gasteiger partial charge is 0.204 e. The molecule has 2 aromatic rings. The molecule has 0 radical (unpaired) electrons. The third-order valence-corrected chi connectivity index (χ3v) is 14.7. The van der Waals surface area contributed by atoms with E-state index in [0.29, 0.717) is 23.5 Å². The highest BCUT2D eigenvalue weighted by Crippen LogP contribution is 2.27. The minimum absolute atomic E-state index is 0.0168. The van der Waals surface area contributed by atoms with Crippen LogP contribution in [0.15, 0.2) is 24.8 Å². The number of hydrogen-bond donors (Lipinski definition) is 0. The number of rotatable bonds is 25. The minimum atomic E-state index is -1.58. The summed E-state index contributed by atoms with van der Waals surface area (Å²) < 4.78 is 12.2. The highest BCUT2D eigenvalue weighted by atomic mass is 28.3. The van der Waals surface area contributed by atoms with E-state index in [1.807, 2.05) is 24.8 Å². The Labute approximate surface area is 334 Å². The van der Waals surface area contributed by atoms with E-state index in [9.17, 15) is 0 Å². The molecule has 0 amide bonds. The quantitative estimate of drug-likeness (QED) is 0.0568. The molecule has 0 bridgehead atoms. The Morgan fingerprint density at radius 1 is 0.444 bits per heavy atom. The molecule has 6 nitrogen and oxygen atoms in total. The van der Waals surface area contributed by atoms with Gasteiger partial charge in [-0.15, -0.1) is 11.1 Å². The van der Waals surface area contributed by atoms with E-state index in [-0.39, 0.29) is 24.4 Å². The van der Waals surface area contributed by atoms with Crippen LogP contribution in [0.4, 0.5) is 0 Å². The van der Waals surface area contributed by atoms with Crippen LogP contribution in [-0.4, -0.2) is 48.3 Å². The molecule has 8 heteroatoms. The second kappa shape index (κ2) is 25.7. The molecule has 0 saturated carbocycles. The zero-order chi connectivity index (χ0) is 40.0. The topological polar surface area (TPSA) is 70.0 Å². The van der Waals surface area contributed by atoms with Crippen molar-refractivity contribution in [1.29, 1.82) is 0 Å². The molecular formula is C46H78N4O2Si2. The van der Waals surface area contributed by atoms with Crippen molar-refractivity contribution in [1.82, 2.24) is 19.9 Å². The lowest BCUT2D eigenvalue weighted by molar-refractivity contribution is -0.0204. The fourth-order valence-electron chi connectivity index (χ4n) is 6.76. The first-order chi connectivity index (χ1) is 25.6. The molecule has 0 aliphatic rings. The maximum absolute atomic E-state index is 6.09. The van der Waals surface area contributed by atoms with Gasteiger partial charge in [0.2, 0.25) is 11.6 Å². The Bertz CT molecular complexity index is 1310. The number of ether oxygens (including phenoxy) is 2. The van der Waals surface area contributed by atoms with Crippen molar-refractivity contribution in [2.24, 2.45) is 11.8 Å². The van der Waals surface area contributed by atoms with Gasteiger partial charge in [-0.25, -0.2) is 19.9 Å². The van der Waals surface area contributed by atoms with Crippen LogP contribution < -0.4 is 0 Å². The van der Waals surface area contributed by atoms with Gasteiger partial charge in [0.05, 0.1) is 24.4 Å². The molecule has 0 aliphatic heterocycles. The molecule has 0 fully saturated rings. The third-order valence-electron chi connectivity index (χ3n) is 9.93. The second-order valence-corrected chi connectivity index (χ2v) is 27.1. The van der Waals surface area contributed by atoms with Gasteiger partial charge < -0.3 is 9.47 Å². The molecule has 0 saturated heterocycles. The highest BCUT2D eigenvalue weighted by Gasteiger charge is 2.21. The van der Waals surface area contributed by atoms with Crippen LogP contribution in [0, 0.1) is 34.8 Å². The lowest BCUT2D eigenvalue weighted by Gasteiger charge is -2.23. The van der Waals surface area contributed by atoms with Gasteiger partial charge in [-0.2, -0.15) is 0 Å². The fraction of sp³-hybridized carbons (Fsp3) is 0.739. The molecule has 54 heavy (non-hydrogen) atoms. The summed E-state index contributed by atoms with van der Waals surface area (Å²) in [4.78, 5) is 18.2. The molecule has 0 unspecified atom stereocenters. The summed E-state index contributed by atoms with van der Waals surface area (Å²) in [5.74, 6) is 8.58. The van der Waals surface area contributed by atoms with Crippen LogP contribution in [0.2, 0.25) is 38.3 Å². The number of unbranched alkanes of at least 4 members (excludes halogenated alkanes) is 13. The highest BCUT2D eigenvalue weighted by molar-refractivity contribution is 6.85. The van der Waals surface area contributed by atoms with Crippen molar-refractivity contribution in [3.05, 3.63) is 47.6 Å². The first-order valence-corrected chi connectivity index (χ1v) is 28.0. The van der Waals surface area contributed by atoms with Gasteiger partial charge in [0.25, 0.3) is 0 Å². The first kappa shape index (κ1) is 47.8. The molecule has 0 spiro atoms. The average molecular weight is 775 g/mol. The first-order valence-electron chi connectivity index (χ1n) is 21.6. The maximum Gasteiger partial charge on any atom is 0.204 e. The lowest BCUT2D eigenvalue weighted by Crippen LogP contribution is -2.23. The summed E-state index contributed by atoms with van der Waals surface area (Å²) in [6.07, 6.45) is 27.0. The largest absolute Gasteiger partial charge is 0.370 e. The molecular weight excluding hydrogens is 697 g/mol. The van der Waals surface area contributed by atoms with Crippen molar-refractivity contribution < 1.29 is 9.47 Å². The molecule has 0 aromatic carbocycles. The lowest BCUT2D eigenvalue weighted by atomic mass is 10.0. The zero-order valence-corrected chi connectivity index (χ0v) is 38.7. The van der Waals surface area contributed by atoms with E-state index in [1.54, 1.807) is 0 Å². The Kier molecular flexibility index (Phi) is 22.8. The average Bonchev–Trinajstić information content (AvgIpc) is 3.11. The normalized spacial score (nSPS) is 13.3. The molecule has 0 N–H and O–H groups in total. The Morgan fingerprint density at radius 2 is 0.704 bits per heavy atom. The van der Waals surface area contributed by atoms with E-state index in [0.717, 1.165) is 11.1 Å². The van der Waals surface area contributed by atoms with E-state index >= 15 is 0 Å². The number of hydrogen-bond acceptors (Lipinski definition) is 6. The molecule has 0 aliphatic carbocycles. The van der Waals surface area contributed by atoms with Crippen LogP contribution in [0.1, 0.15) is 180 Å². The van der Waals surface area contributed by atoms with E-state index in [2.05, 4.69) is 124 Å². The van der Waals surface area contributed by atoms with Crippen LogP contribution in [-0.2, 0) is 9.47 Å². The summed E-state index contributed by atoms with van der Waals surface area (Å²) in [6.45, 7) is 26.5. The van der Waals surface area contributed by atoms with Gasteiger partial charge in [0.1, 0.15) is 16.1 Å². The van der Waals surface area contributed by atoms with Gasteiger partial charge in [0, 0.05) is 35.9 Å². The van der Waals surface area contributed by atoms with Gasteiger partial charge >= 0.3 is 0 Å². The SMILES string of the molecule is CC(C)O[C@H](c1cnc(C#C[Si](C)(C)CCCCCCCCCCCCCCCC[Si](C)(C)C#Cc2ncc([C@@H](OC(C)C)C(C)C)cn2)nc1)C(C)C. The summed E-state index contributed by atoms with van der Waals surface area (Å²) >= 11 is 0. The summed E-state index contributed by atoms with van der Waals surface area (Å²) in [7, 11) is -3.15. The zero-order valence-electron chi connectivity index (χ0n) is 36.7. The predicted octanol–water partition coefficient (Wildman–Crippen LogP) is 12.9. The molecule has 302 valence electrons. The summed E-state index contributed by atoms with van der Waals surface area (Å²) in [6, 6.07) is 2.51. The van der Waals surface area contributed by atoms with Crippen LogP contribution in [0.25, 0.3) is 0 Å². The number of aromatic nitrogens is 4. The standard InChI is InChI=1S/C46H78N4O2Si2/c1-37(2)45(51-39(5)6)41-33-47-43(48-34-41)27-31-53(9,10)29-25-23-21-19-17-15-13-14-16-18-20-22-24-26-30-54(11,12)32-28-44-49-35-42(36-50-44)46(38(3)4)52-40(7)8/h33-40,45-46H,13-26,29-30H2,1-12H3/t45-,46-/m0/s1. The second-order valence-electron chi connectivity index (χ2n) is 18.1. The van der Waals surface area contributed by atoms with Crippen molar-refractivity contribution >= 4 is 16.1 Å². The molecule has 2 heterocycles. The van der Waals surface area contributed by atoms with Crippen LogP contribution >= 0.6 is 0 Å². The fourth-order valence-corrected chi connectivity index (χ4v) is 10.2. The van der Waals surface area contributed by atoms with Crippen molar-refractivity contribution in [2.75, 3.05) is 0 Å². The minimum Gasteiger partial charge on any atom is -0.370 e. The van der Waals surface area contributed by atoms with Gasteiger partial charge in [-0.05, 0) is 63.5 Å². The predicted molar refractivity (Wildman–Crippen MR) is 235 cm³/mol. The Morgan fingerprint density at radius 3 is 0.944 bits per heavy atom. The third kappa shape index (κ3) is 21.1. The molecule has 2 rings (SSSR count). The van der Waals surface area contributed by atoms with E-state index < -0.39 is 16.1 Å².